The van der Waals surface area contributed by atoms with Crippen molar-refractivity contribution in [2.75, 3.05) is 0 Å². The normalized spacial score (nSPS) is 10.8. The van der Waals surface area contributed by atoms with E-state index < -0.39 is 0 Å². The predicted molar refractivity (Wildman–Crippen MR) is 76.2 cm³/mol. The lowest BCUT2D eigenvalue weighted by atomic mass is 10.1. The maximum absolute atomic E-state index is 12.2. The number of phenolic OH excluding ortho intramolecular Hbond substituents is 1. The number of phenols is 1. The van der Waals surface area contributed by atoms with E-state index in [1.165, 1.54) is 23.5 Å². The predicted octanol–water partition coefficient (Wildman–Crippen LogP) is 3.89. The highest BCUT2D eigenvalue weighted by molar-refractivity contribution is 7.20. The Balaban J connectivity index is 2.04. The number of carbonyl (C=O) groups excluding carboxylic acids is 1. The first-order chi connectivity index (χ1) is 9.13. The number of hydrogen-bond donors (Lipinski definition) is 1. The van der Waals surface area contributed by atoms with Gasteiger partial charge in [-0.25, -0.2) is 4.98 Å². The minimum atomic E-state index is -0.155. The van der Waals surface area contributed by atoms with Gasteiger partial charge < -0.3 is 5.11 Å². The number of aromatic hydroxyl groups is 1. The third kappa shape index (κ3) is 2.32. The van der Waals surface area contributed by atoms with Crippen LogP contribution < -0.4 is 0 Å². The van der Waals surface area contributed by atoms with Crippen molar-refractivity contribution in [2.24, 2.45) is 0 Å². The van der Waals surface area contributed by atoms with Crippen LogP contribution in [0.25, 0.3) is 10.2 Å². The van der Waals surface area contributed by atoms with Crippen LogP contribution in [0.2, 0.25) is 5.02 Å². The first-order valence-corrected chi connectivity index (χ1v) is 6.73. The first-order valence-electron chi connectivity index (χ1n) is 5.53. The summed E-state index contributed by atoms with van der Waals surface area (Å²) in [6.07, 6.45) is 0. The molecule has 0 saturated heterocycles. The van der Waals surface area contributed by atoms with E-state index in [-0.39, 0.29) is 11.5 Å². The van der Waals surface area contributed by atoms with Crippen LogP contribution in [0.5, 0.6) is 5.75 Å². The number of benzene rings is 2. The standard InChI is InChI=1S/C14H8ClNO2S/c15-9-3-6-11-12(7-9)19-14(16-11)13(18)8-1-4-10(17)5-2-8/h1-7,17H. The van der Waals surface area contributed by atoms with Crippen LogP contribution in [0.4, 0.5) is 0 Å². The summed E-state index contributed by atoms with van der Waals surface area (Å²) in [5, 5.41) is 10.3. The van der Waals surface area contributed by atoms with Crippen molar-refractivity contribution in [3.63, 3.8) is 0 Å². The molecule has 0 aliphatic heterocycles. The van der Waals surface area contributed by atoms with E-state index in [1.54, 1.807) is 30.3 Å². The lowest BCUT2D eigenvalue weighted by molar-refractivity contribution is 0.103. The number of halogens is 1. The summed E-state index contributed by atoms with van der Waals surface area (Å²) in [6, 6.07) is 11.5. The first kappa shape index (κ1) is 12.1. The van der Waals surface area contributed by atoms with Crippen molar-refractivity contribution in [3.05, 3.63) is 58.1 Å². The van der Waals surface area contributed by atoms with Gasteiger partial charge in [0, 0.05) is 10.6 Å². The Bertz CT molecular complexity index is 765. The molecule has 1 aromatic heterocycles. The fourth-order valence-electron chi connectivity index (χ4n) is 1.73. The number of rotatable bonds is 2. The summed E-state index contributed by atoms with van der Waals surface area (Å²) < 4.78 is 0.884. The number of fused-ring (bicyclic) bond motifs is 1. The Morgan fingerprint density at radius 3 is 2.63 bits per heavy atom. The maximum atomic E-state index is 12.2. The van der Waals surface area contributed by atoms with Crippen LogP contribution in [0.1, 0.15) is 15.4 Å². The maximum Gasteiger partial charge on any atom is 0.221 e. The SMILES string of the molecule is O=C(c1ccc(O)cc1)c1nc2ccc(Cl)cc2s1. The zero-order valence-electron chi connectivity index (χ0n) is 9.63. The Labute approximate surface area is 118 Å². The topological polar surface area (TPSA) is 50.2 Å². The number of carbonyl (C=O) groups is 1. The molecular weight excluding hydrogens is 282 g/mol. The van der Waals surface area contributed by atoms with E-state index in [9.17, 15) is 9.90 Å². The number of nitrogens with zero attached hydrogens (tertiary/aromatic N) is 1. The summed E-state index contributed by atoms with van der Waals surface area (Å²) in [4.78, 5) is 16.5. The molecule has 0 aliphatic rings. The minimum Gasteiger partial charge on any atom is -0.508 e. The smallest absolute Gasteiger partial charge is 0.221 e. The largest absolute Gasteiger partial charge is 0.508 e. The van der Waals surface area contributed by atoms with E-state index in [1.807, 2.05) is 0 Å². The third-order valence-corrected chi connectivity index (χ3v) is 3.93. The molecule has 1 N–H and O–H groups in total. The molecule has 0 spiro atoms. The van der Waals surface area contributed by atoms with Crippen LogP contribution in [0.15, 0.2) is 42.5 Å². The Hall–Kier alpha value is -1.91. The molecule has 0 amide bonds. The molecule has 5 heteroatoms. The van der Waals surface area contributed by atoms with Gasteiger partial charge in [0.25, 0.3) is 0 Å². The molecule has 0 bridgehead atoms. The molecule has 3 nitrogen and oxygen atoms in total. The average molecular weight is 290 g/mol. The van der Waals surface area contributed by atoms with Gasteiger partial charge in [-0.15, -0.1) is 11.3 Å². The molecule has 0 aliphatic carbocycles. The van der Waals surface area contributed by atoms with Gasteiger partial charge in [0.1, 0.15) is 5.75 Å². The molecule has 3 rings (SSSR count). The lowest BCUT2D eigenvalue weighted by Gasteiger charge is -1.96. The molecule has 1 heterocycles. The van der Waals surface area contributed by atoms with Gasteiger partial charge in [-0.3, -0.25) is 4.79 Å². The molecule has 2 aromatic carbocycles. The van der Waals surface area contributed by atoms with Gasteiger partial charge in [-0.1, -0.05) is 11.6 Å². The number of aromatic nitrogens is 1. The Morgan fingerprint density at radius 1 is 1.16 bits per heavy atom. The second-order valence-electron chi connectivity index (χ2n) is 4.01. The van der Waals surface area contributed by atoms with Crippen LogP contribution in [0.3, 0.4) is 0 Å². The molecule has 94 valence electrons. The van der Waals surface area contributed by atoms with E-state index in [0.717, 1.165) is 10.2 Å². The van der Waals surface area contributed by atoms with Crippen LogP contribution in [-0.4, -0.2) is 15.9 Å². The van der Waals surface area contributed by atoms with Gasteiger partial charge in [-0.05, 0) is 42.5 Å². The summed E-state index contributed by atoms with van der Waals surface area (Å²) >= 11 is 7.22. The second kappa shape index (κ2) is 4.64. The van der Waals surface area contributed by atoms with E-state index >= 15 is 0 Å². The third-order valence-electron chi connectivity index (χ3n) is 2.67. The number of hydrogen-bond acceptors (Lipinski definition) is 4. The van der Waals surface area contributed by atoms with Gasteiger partial charge in [-0.2, -0.15) is 0 Å². The highest BCUT2D eigenvalue weighted by Gasteiger charge is 2.14. The summed E-state index contributed by atoms with van der Waals surface area (Å²) in [6.45, 7) is 0. The molecular formula is C14H8ClNO2S. The molecule has 0 saturated carbocycles. The van der Waals surface area contributed by atoms with Gasteiger partial charge in [0.05, 0.1) is 10.2 Å². The fraction of sp³-hybridized carbons (Fsp3) is 0. The van der Waals surface area contributed by atoms with Crippen LogP contribution >= 0.6 is 22.9 Å². The van der Waals surface area contributed by atoms with Gasteiger partial charge >= 0.3 is 0 Å². The van der Waals surface area contributed by atoms with Crippen LogP contribution in [0, 0.1) is 0 Å². The van der Waals surface area contributed by atoms with Crippen molar-refractivity contribution in [3.8, 4) is 5.75 Å². The Morgan fingerprint density at radius 2 is 1.89 bits per heavy atom. The highest BCUT2D eigenvalue weighted by Crippen LogP contribution is 2.27. The number of thiazole rings is 1. The molecule has 0 unspecified atom stereocenters. The van der Waals surface area contributed by atoms with Gasteiger partial charge in [0.2, 0.25) is 5.78 Å². The van der Waals surface area contributed by atoms with Crippen molar-refractivity contribution in [1.82, 2.24) is 4.98 Å². The van der Waals surface area contributed by atoms with Crippen LogP contribution in [-0.2, 0) is 0 Å². The zero-order valence-corrected chi connectivity index (χ0v) is 11.2. The van der Waals surface area contributed by atoms with Crippen molar-refractivity contribution in [2.45, 2.75) is 0 Å². The Kier molecular flexibility index (Phi) is 2.97. The molecule has 0 atom stereocenters. The summed E-state index contributed by atoms with van der Waals surface area (Å²) in [5.41, 5.74) is 1.26. The lowest BCUT2D eigenvalue weighted by Crippen LogP contribution is -1.99. The zero-order chi connectivity index (χ0) is 13.4. The monoisotopic (exact) mass is 289 g/mol. The quantitative estimate of drug-likeness (QED) is 0.728. The summed E-state index contributed by atoms with van der Waals surface area (Å²) in [5.74, 6) is -0.0232. The fourth-order valence-corrected chi connectivity index (χ4v) is 2.94. The van der Waals surface area contributed by atoms with E-state index in [0.29, 0.717) is 15.6 Å². The average Bonchev–Trinajstić information content (AvgIpc) is 2.81. The second-order valence-corrected chi connectivity index (χ2v) is 5.47. The van der Waals surface area contributed by atoms with E-state index in [4.69, 9.17) is 11.6 Å². The van der Waals surface area contributed by atoms with Gasteiger partial charge in [0.15, 0.2) is 5.01 Å². The van der Waals surface area contributed by atoms with Crippen molar-refractivity contribution in [1.29, 1.82) is 0 Å². The molecule has 0 fully saturated rings. The molecule has 0 radical (unpaired) electrons. The van der Waals surface area contributed by atoms with Crippen molar-refractivity contribution < 1.29 is 9.90 Å². The minimum absolute atomic E-state index is 0.132. The highest BCUT2D eigenvalue weighted by atomic mass is 35.5. The summed E-state index contributed by atoms with van der Waals surface area (Å²) in [7, 11) is 0. The molecule has 3 aromatic rings. The van der Waals surface area contributed by atoms with E-state index in [2.05, 4.69) is 4.98 Å². The molecule has 19 heavy (non-hydrogen) atoms. The van der Waals surface area contributed by atoms with Crippen molar-refractivity contribution >= 4 is 38.9 Å². The number of ketones is 1.